The van der Waals surface area contributed by atoms with Gasteiger partial charge in [0.2, 0.25) is 0 Å². The van der Waals surface area contributed by atoms with E-state index in [1.54, 1.807) is 10.7 Å². The average Bonchev–Trinajstić information content (AvgIpc) is 2.63. The smallest absolute Gasteiger partial charge is 0.294 e. The predicted molar refractivity (Wildman–Crippen MR) is 83.8 cm³/mol. The molecule has 5 heteroatoms. The van der Waals surface area contributed by atoms with E-state index in [4.69, 9.17) is 17.3 Å². The summed E-state index contributed by atoms with van der Waals surface area (Å²) >= 11 is 6.23. The lowest BCUT2D eigenvalue weighted by atomic mass is 10.1. The van der Waals surface area contributed by atoms with Crippen molar-refractivity contribution in [2.75, 3.05) is 5.73 Å². The Morgan fingerprint density at radius 3 is 2.50 bits per heavy atom. The van der Waals surface area contributed by atoms with E-state index in [1.807, 2.05) is 36.7 Å². The van der Waals surface area contributed by atoms with Crippen molar-refractivity contribution in [2.45, 2.75) is 39.7 Å². The zero-order chi connectivity index (χ0) is 14.9. The average molecular weight is 294 g/mol. The summed E-state index contributed by atoms with van der Waals surface area (Å²) < 4.78 is 3.54. The molecule has 1 aromatic carbocycles. The Kier molecular flexibility index (Phi) is 4.23. The molecular formula is C15H20ClN3O. The number of aromatic nitrogens is 2. The molecule has 2 rings (SSSR count). The van der Waals surface area contributed by atoms with Gasteiger partial charge < -0.3 is 5.73 Å². The van der Waals surface area contributed by atoms with E-state index in [0.717, 1.165) is 18.7 Å². The van der Waals surface area contributed by atoms with Gasteiger partial charge in [0.05, 0.1) is 16.4 Å². The largest absolute Gasteiger partial charge is 0.393 e. The van der Waals surface area contributed by atoms with Crippen LogP contribution in [0.4, 0.5) is 5.69 Å². The number of hydrogen-bond acceptors (Lipinski definition) is 2. The molecule has 0 saturated heterocycles. The van der Waals surface area contributed by atoms with Crippen LogP contribution in [0.3, 0.4) is 0 Å². The van der Waals surface area contributed by atoms with Gasteiger partial charge in [-0.2, -0.15) is 0 Å². The molecule has 0 spiro atoms. The monoisotopic (exact) mass is 293 g/mol. The number of para-hydroxylation sites is 1. The van der Waals surface area contributed by atoms with Crippen LogP contribution in [0.5, 0.6) is 0 Å². The molecule has 4 nitrogen and oxygen atoms in total. The number of hydrogen-bond donors (Lipinski definition) is 1. The molecular weight excluding hydrogens is 274 g/mol. The molecule has 0 amide bonds. The Morgan fingerprint density at radius 1 is 1.30 bits per heavy atom. The van der Waals surface area contributed by atoms with Crippen molar-refractivity contribution in [3.8, 4) is 5.69 Å². The van der Waals surface area contributed by atoms with Crippen LogP contribution in [-0.4, -0.2) is 9.36 Å². The Labute approximate surface area is 123 Å². The molecule has 108 valence electrons. The van der Waals surface area contributed by atoms with Crippen molar-refractivity contribution in [2.24, 2.45) is 0 Å². The van der Waals surface area contributed by atoms with Crippen molar-refractivity contribution in [3.05, 3.63) is 45.3 Å². The standard InChI is InChI=1S/C15H20ClN3O/c1-4-9-18-14(10(2)3)13(17)15(20)19(18)12-8-6-5-7-11(12)16/h5-8,10H,4,9,17H2,1-3H3. The quantitative estimate of drug-likeness (QED) is 0.939. The fraction of sp³-hybridized carbons (Fsp3) is 0.400. The van der Waals surface area contributed by atoms with Crippen LogP contribution in [0.15, 0.2) is 29.1 Å². The summed E-state index contributed by atoms with van der Waals surface area (Å²) in [6.45, 7) is 6.87. The lowest BCUT2D eigenvalue weighted by Crippen LogP contribution is -2.23. The van der Waals surface area contributed by atoms with E-state index in [9.17, 15) is 4.79 Å². The second-order valence-electron chi connectivity index (χ2n) is 5.15. The summed E-state index contributed by atoms with van der Waals surface area (Å²) in [4.78, 5) is 12.5. The van der Waals surface area contributed by atoms with Gasteiger partial charge in [-0.05, 0) is 24.5 Å². The summed E-state index contributed by atoms with van der Waals surface area (Å²) in [6.07, 6.45) is 0.914. The molecule has 0 aliphatic carbocycles. The summed E-state index contributed by atoms with van der Waals surface area (Å²) in [5.41, 5.74) is 7.68. The third-order valence-corrected chi connectivity index (χ3v) is 3.60. The first kappa shape index (κ1) is 14.7. The highest BCUT2D eigenvalue weighted by Crippen LogP contribution is 2.25. The van der Waals surface area contributed by atoms with Gasteiger partial charge in [0, 0.05) is 6.54 Å². The fourth-order valence-electron chi connectivity index (χ4n) is 2.48. The molecule has 0 saturated carbocycles. The lowest BCUT2D eigenvalue weighted by molar-refractivity contribution is 0.503. The van der Waals surface area contributed by atoms with Crippen LogP contribution in [0.2, 0.25) is 5.02 Å². The van der Waals surface area contributed by atoms with Gasteiger partial charge >= 0.3 is 0 Å². The van der Waals surface area contributed by atoms with Crippen molar-refractivity contribution >= 4 is 17.3 Å². The number of halogens is 1. The number of rotatable bonds is 4. The van der Waals surface area contributed by atoms with Gasteiger partial charge in [0.15, 0.2) is 0 Å². The Hall–Kier alpha value is -1.68. The van der Waals surface area contributed by atoms with Gasteiger partial charge in [-0.15, -0.1) is 0 Å². The molecule has 0 atom stereocenters. The zero-order valence-electron chi connectivity index (χ0n) is 12.1. The third-order valence-electron chi connectivity index (χ3n) is 3.28. The number of anilines is 1. The molecule has 0 unspecified atom stereocenters. The van der Waals surface area contributed by atoms with Crippen molar-refractivity contribution < 1.29 is 0 Å². The van der Waals surface area contributed by atoms with E-state index in [2.05, 4.69) is 6.92 Å². The topological polar surface area (TPSA) is 52.9 Å². The first-order valence-electron chi connectivity index (χ1n) is 6.85. The SMILES string of the molecule is CCCn1c(C(C)C)c(N)c(=O)n1-c1ccccc1Cl. The minimum atomic E-state index is -0.199. The minimum absolute atomic E-state index is 0.179. The van der Waals surface area contributed by atoms with Crippen LogP contribution in [0.25, 0.3) is 5.69 Å². The van der Waals surface area contributed by atoms with Crippen LogP contribution in [0.1, 0.15) is 38.8 Å². The van der Waals surface area contributed by atoms with Crippen LogP contribution in [-0.2, 0) is 6.54 Å². The van der Waals surface area contributed by atoms with Gasteiger partial charge in [0.25, 0.3) is 5.56 Å². The Bertz CT molecular complexity index is 670. The second-order valence-corrected chi connectivity index (χ2v) is 5.55. The Balaban J connectivity index is 2.79. The summed E-state index contributed by atoms with van der Waals surface area (Å²) in [6, 6.07) is 7.32. The number of nitrogens with two attached hydrogens (primary N) is 1. The molecule has 0 radical (unpaired) electrons. The maximum Gasteiger partial charge on any atom is 0.294 e. The number of benzene rings is 1. The molecule has 0 bridgehead atoms. The maximum atomic E-state index is 12.5. The molecule has 20 heavy (non-hydrogen) atoms. The molecule has 0 fully saturated rings. The first-order valence-corrected chi connectivity index (χ1v) is 7.22. The molecule has 2 aromatic rings. The van der Waals surface area contributed by atoms with Gasteiger partial charge in [-0.3, -0.25) is 9.48 Å². The lowest BCUT2D eigenvalue weighted by Gasteiger charge is -2.16. The van der Waals surface area contributed by atoms with Gasteiger partial charge in [-0.25, -0.2) is 4.68 Å². The predicted octanol–water partition coefficient (Wildman–Crippen LogP) is 3.41. The van der Waals surface area contributed by atoms with Crippen molar-refractivity contribution in [3.63, 3.8) is 0 Å². The molecule has 0 aliphatic rings. The summed E-state index contributed by atoms with van der Waals surface area (Å²) in [5.74, 6) is 0.179. The molecule has 2 N–H and O–H groups in total. The van der Waals surface area contributed by atoms with Crippen LogP contribution in [0, 0.1) is 0 Å². The first-order chi connectivity index (χ1) is 9.49. The maximum absolute atomic E-state index is 12.5. The number of nitrogen functional groups attached to an aromatic ring is 1. The van der Waals surface area contributed by atoms with E-state index in [-0.39, 0.29) is 11.5 Å². The molecule has 1 heterocycles. The van der Waals surface area contributed by atoms with Gasteiger partial charge in [-0.1, -0.05) is 44.5 Å². The van der Waals surface area contributed by atoms with Crippen LogP contribution < -0.4 is 11.3 Å². The molecule has 0 aliphatic heterocycles. The van der Waals surface area contributed by atoms with Gasteiger partial charge in [0.1, 0.15) is 5.69 Å². The zero-order valence-corrected chi connectivity index (χ0v) is 12.8. The highest BCUT2D eigenvalue weighted by atomic mass is 35.5. The highest BCUT2D eigenvalue weighted by molar-refractivity contribution is 6.32. The Morgan fingerprint density at radius 2 is 1.95 bits per heavy atom. The van der Waals surface area contributed by atoms with Crippen molar-refractivity contribution in [1.29, 1.82) is 0 Å². The minimum Gasteiger partial charge on any atom is -0.393 e. The van der Waals surface area contributed by atoms with E-state index < -0.39 is 0 Å². The normalized spacial score (nSPS) is 11.2. The van der Waals surface area contributed by atoms with E-state index in [0.29, 0.717) is 16.4 Å². The summed E-state index contributed by atoms with van der Waals surface area (Å²) in [5, 5.41) is 0.541. The van der Waals surface area contributed by atoms with E-state index in [1.165, 1.54) is 0 Å². The van der Waals surface area contributed by atoms with E-state index >= 15 is 0 Å². The highest BCUT2D eigenvalue weighted by Gasteiger charge is 2.21. The fourth-order valence-corrected chi connectivity index (χ4v) is 2.70. The molecule has 1 aromatic heterocycles. The van der Waals surface area contributed by atoms with Crippen LogP contribution >= 0.6 is 11.6 Å². The second kappa shape index (κ2) is 5.75. The number of nitrogens with zero attached hydrogens (tertiary/aromatic N) is 2. The third kappa shape index (κ3) is 2.36. The summed E-state index contributed by atoms with van der Waals surface area (Å²) in [7, 11) is 0. The van der Waals surface area contributed by atoms with Crippen molar-refractivity contribution in [1.82, 2.24) is 9.36 Å².